The third kappa shape index (κ3) is 2.98. The normalized spacial score (nSPS) is 23.5. The number of carboxylic acid groups (broad SMARTS) is 1. The van der Waals surface area contributed by atoms with Crippen LogP contribution in [-0.2, 0) is 17.8 Å². The summed E-state index contributed by atoms with van der Waals surface area (Å²) in [6.45, 7) is 2.64. The SMILES string of the molecule is O=C(O)CCN1CCn2c3c(c4cc(C5CCCCC5)ccc42)CCC[C@H]31. The van der Waals surface area contributed by atoms with Crippen LogP contribution in [0.5, 0.6) is 0 Å². The summed E-state index contributed by atoms with van der Waals surface area (Å²) in [5, 5.41) is 10.6. The minimum atomic E-state index is -0.686. The fourth-order valence-electron chi connectivity index (χ4n) is 5.89. The van der Waals surface area contributed by atoms with Gasteiger partial charge in [-0.3, -0.25) is 9.69 Å². The van der Waals surface area contributed by atoms with Gasteiger partial charge >= 0.3 is 5.97 Å². The van der Waals surface area contributed by atoms with Gasteiger partial charge in [0, 0.05) is 36.2 Å². The van der Waals surface area contributed by atoms with Gasteiger partial charge in [0.05, 0.1) is 12.5 Å². The van der Waals surface area contributed by atoms with Crippen molar-refractivity contribution in [1.82, 2.24) is 9.47 Å². The van der Waals surface area contributed by atoms with E-state index in [0.29, 0.717) is 12.6 Å². The van der Waals surface area contributed by atoms with Gasteiger partial charge in [0.2, 0.25) is 0 Å². The molecule has 4 nitrogen and oxygen atoms in total. The Morgan fingerprint density at radius 3 is 2.74 bits per heavy atom. The summed E-state index contributed by atoms with van der Waals surface area (Å²) in [5.74, 6) is 0.0630. The molecule has 3 aliphatic rings. The molecule has 0 saturated heterocycles. The van der Waals surface area contributed by atoms with Crippen LogP contribution in [0.1, 0.15) is 80.1 Å². The lowest BCUT2D eigenvalue weighted by Gasteiger charge is -2.39. The third-order valence-corrected chi connectivity index (χ3v) is 7.20. The Kier molecular flexibility index (Phi) is 4.47. The van der Waals surface area contributed by atoms with Crippen molar-refractivity contribution in [2.24, 2.45) is 0 Å². The van der Waals surface area contributed by atoms with Crippen LogP contribution in [-0.4, -0.2) is 33.6 Å². The molecule has 0 unspecified atom stereocenters. The maximum absolute atomic E-state index is 11.1. The van der Waals surface area contributed by atoms with Crippen molar-refractivity contribution in [2.45, 2.75) is 76.3 Å². The number of benzene rings is 1. The highest BCUT2D eigenvalue weighted by atomic mass is 16.4. The van der Waals surface area contributed by atoms with Crippen LogP contribution in [0.4, 0.5) is 0 Å². The molecule has 2 heterocycles. The summed E-state index contributed by atoms with van der Waals surface area (Å²) in [5.41, 5.74) is 6.00. The molecule has 1 aromatic carbocycles. The molecule has 5 rings (SSSR count). The van der Waals surface area contributed by atoms with Crippen LogP contribution >= 0.6 is 0 Å². The zero-order chi connectivity index (χ0) is 18.4. The number of hydrogen-bond acceptors (Lipinski definition) is 2. The van der Waals surface area contributed by atoms with Crippen molar-refractivity contribution in [3.8, 4) is 0 Å². The number of aromatic nitrogens is 1. The molecular weight excluding hydrogens is 336 g/mol. The number of hydrogen-bond donors (Lipinski definition) is 1. The van der Waals surface area contributed by atoms with Crippen LogP contribution in [0.3, 0.4) is 0 Å². The van der Waals surface area contributed by atoms with Gasteiger partial charge in [0.15, 0.2) is 0 Å². The van der Waals surface area contributed by atoms with E-state index in [-0.39, 0.29) is 6.42 Å². The number of carboxylic acids is 1. The molecule has 1 aliphatic heterocycles. The summed E-state index contributed by atoms with van der Waals surface area (Å²) < 4.78 is 2.55. The molecule has 144 valence electrons. The summed E-state index contributed by atoms with van der Waals surface area (Å²) >= 11 is 0. The Balaban J connectivity index is 1.53. The Morgan fingerprint density at radius 1 is 1.07 bits per heavy atom. The molecule has 0 amide bonds. The second kappa shape index (κ2) is 6.97. The van der Waals surface area contributed by atoms with E-state index in [1.807, 2.05) is 0 Å². The Bertz CT molecular complexity index is 863. The van der Waals surface area contributed by atoms with Gasteiger partial charge in [-0.05, 0) is 61.3 Å². The second-order valence-corrected chi connectivity index (χ2v) is 8.71. The predicted molar refractivity (Wildman–Crippen MR) is 107 cm³/mol. The first-order valence-electron chi connectivity index (χ1n) is 10.8. The standard InChI is InChI=1S/C23H30N2O2/c26-22(27)11-12-24-13-14-25-20-10-9-17(16-5-2-1-3-6-16)15-19(20)18-7-4-8-21(24)23(18)25/h9-10,15-16,21H,1-8,11-14H2,(H,26,27)/t21-/m1/s1. The number of nitrogens with zero attached hydrogens (tertiary/aromatic N) is 2. The molecule has 0 bridgehead atoms. The Labute approximate surface area is 161 Å². The first kappa shape index (κ1) is 17.3. The van der Waals surface area contributed by atoms with Crippen molar-refractivity contribution in [2.75, 3.05) is 13.1 Å². The number of aryl methyl sites for hydroxylation is 1. The smallest absolute Gasteiger partial charge is 0.304 e. The summed E-state index contributed by atoms with van der Waals surface area (Å²) in [6, 6.07) is 7.68. The average Bonchev–Trinajstić information content (AvgIpc) is 3.03. The molecule has 1 fully saturated rings. The Morgan fingerprint density at radius 2 is 1.93 bits per heavy atom. The van der Waals surface area contributed by atoms with Crippen molar-refractivity contribution in [3.63, 3.8) is 0 Å². The number of rotatable bonds is 4. The highest BCUT2D eigenvalue weighted by molar-refractivity contribution is 5.87. The van der Waals surface area contributed by atoms with Crippen molar-refractivity contribution in [3.05, 3.63) is 35.0 Å². The highest BCUT2D eigenvalue weighted by Crippen LogP contribution is 2.44. The van der Waals surface area contributed by atoms with Gasteiger partial charge in [-0.15, -0.1) is 0 Å². The minimum Gasteiger partial charge on any atom is -0.481 e. The largest absolute Gasteiger partial charge is 0.481 e. The molecule has 2 aliphatic carbocycles. The summed E-state index contributed by atoms with van der Waals surface area (Å²) in [4.78, 5) is 13.5. The van der Waals surface area contributed by atoms with Gasteiger partial charge in [-0.25, -0.2) is 0 Å². The maximum Gasteiger partial charge on any atom is 0.304 e. The van der Waals surface area contributed by atoms with Crippen molar-refractivity contribution < 1.29 is 9.90 Å². The monoisotopic (exact) mass is 366 g/mol. The molecule has 27 heavy (non-hydrogen) atoms. The molecule has 2 aromatic rings. The fraction of sp³-hybridized carbons (Fsp3) is 0.609. The average molecular weight is 367 g/mol. The number of aliphatic carboxylic acids is 1. The van der Waals surface area contributed by atoms with Gasteiger partial charge < -0.3 is 9.67 Å². The lowest BCUT2D eigenvalue weighted by Crippen LogP contribution is -2.40. The molecule has 1 N–H and O–H groups in total. The van der Waals surface area contributed by atoms with Crippen LogP contribution < -0.4 is 0 Å². The predicted octanol–water partition coefficient (Wildman–Crippen LogP) is 4.86. The maximum atomic E-state index is 11.1. The van der Waals surface area contributed by atoms with Crippen LogP contribution in [0.2, 0.25) is 0 Å². The molecule has 4 heteroatoms. The topological polar surface area (TPSA) is 45.5 Å². The summed E-state index contributed by atoms with van der Waals surface area (Å²) in [7, 11) is 0. The quantitative estimate of drug-likeness (QED) is 0.841. The lowest BCUT2D eigenvalue weighted by atomic mass is 9.83. The molecule has 1 saturated carbocycles. The van der Waals surface area contributed by atoms with E-state index in [1.165, 1.54) is 68.0 Å². The molecule has 1 aromatic heterocycles. The van der Waals surface area contributed by atoms with E-state index in [4.69, 9.17) is 5.11 Å². The van der Waals surface area contributed by atoms with E-state index in [1.54, 1.807) is 11.1 Å². The second-order valence-electron chi connectivity index (χ2n) is 8.71. The van der Waals surface area contributed by atoms with E-state index >= 15 is 0 Å². The summed E-state index contributed by atoms with van der Waals surface area (Å²) in [6.07, 6.45) is 10.7. The fourth-order valence-corrected chi connectivity index (χ4v) is 5.89. The molecule has 1 atom stereocenters. The highest BCUT2D eigenvalue weighted by Gasteiger charge is 2.35. The zero-order valence-electron chi connectivity index (χ0n) is 16.1. The molecule has 0 radical (unpaired) electrons. The van der Waals surface area contributed by atoms with Gasteiger partial charge in [-0.2, -0.15) is 0 Å². The van der Waals surface area contributed by atoms with E-state index in [9.17, 15) is 4.79 Å². The van der Waals surface area contributed by atoms with Gasteiger partial charge in [0.1, 0.15) is 0 Å². The first-order chi connectivity index (χ1) is 13.2. The van der Waals surface area contributed by atoms with Gasteiger partial charge in [0.25, 0.3) is 0 Å². The van der Waals surface area contributed by atoms with Crippen LogP contribution in [0.25, 0.3) is 10.9 Å². The lowest BCUT2D eigenvalue weighted by molar-refractivity contribution is -0.137. The van der Waals surface area contributed by atoms with Crippen molar-refractivity contribution >= 4 is 16.9 Å². The van der Waals surface area contributed by atoms with Gasteiger partial charge in [-0.1, -0.05) is 25.3 Å². The van der Waals surface area contributed by atoms with E-state index in [0.717, 1.165) is 19.0 Å². The molecular formula is C23H30N2O2. The first-order valence-corrected chi connectivity index (χ1v) is 10.8. The van der Waals surface area contributed by atoms with Crippen LogP contribution in [0, 0.1) is 0 Å². The Hall–Kier alpha value is -1.81. The minimum absolute atomic E-state index is 0.248. The number of carbonyl (C=O) groups is 1. The van der Waals surface area contributed by atoms with Crippen molar-refractivity contribution in [1.29, 1.82) is 0 Å². The zero-order valence-corrected chi connectivity index (χ0v) is 16.1. The van der Waals surface area contributed by atoms with E-state index in [2.05, 4.69) is 27.7 Å². The van der Waals surface area contributed by atoms with E-state index < -0.39 is 5.97 Å². The van der Waals surface area contributed by atoms with Crippen LogP contribution in [0.15, 0.2) is 18.2 Å². The third-order valence-electron chi connectivity index (χ3n) is 7.20. The number of fused-ring (bicyclic) bond motifs is 3. The molecule has 0 spiro atoms.